The Morgan fingerprint density at radius 1 is 1.05 bits per heavy atom. The van der Waals surface area contributed by atoms with E-state index in [9.17, 15) is 19.8 Å². The molecule has 0 saturated heterocycles. The fourth-order valence-corrected chi connectivity index (χ4v) is 2.58. The number of aliphatic carboxylic acids is 2. The second-order valence-corrected chi connectivity index (χ2v) is 5.37. The normalized spacial score (nSPS) is 31.0. The van der Waals surface area contributed by atoms with Crippen molar-refractivity contribution in [2.24, 2.45) is 10.8 Å². The molecule has 2 atom stereocenters. The summed E-state index contributed by atoms with van der Waals surface area (Å²) in [5.74, 6) is -2.77. The van der Waals surface area contributed by atoms with Crippen molar-refractivity contribution in [2.45, 2.75) is 33.6 Å². The predicted molar refractivity (Wildman–Crippen MR) is 66.8 cm³/mol. The molecule has 19 heavy (non-hydrogen) atoms. The number of carbonyl (C=O) groups is 2. The minimum atomic E-state index is -1.37. The third kappa shape index (κ3) is 2.30. The summed E-state index contributed by atoms with van der Waals surface area (Å²) in [7, 11) is 0. The van der Waals surface area contributed by atoms with E-state index in [1.165, 1.54) is 26.8 Å². The first kappa shape index (κ1) is 15.1. The number of carboxylic acids is 2. The molecule has 0 spiro atoms. The molecule has 1 aliphatic carbocycles. The third-order valence-corrected chi connectivity index (χ3v) is 4.04. The van der Waals surface area contributed by atoms with Gasteiger partial charge in [-0.2, -0.15) is 0 Å². The van der Waals surface area contributed by atoms with Crippen LogP contribution in [0.3, 0.4) is 0 Å². The van der Waals surface area contributed by atoms with Crippen LogP contribution in [0, 0.1) is 10.8 Å². The molecule has 0 amide bonds. The van der Waals surface area contributed by atoms with Crippen LogP contribution in [0.2, 0.25) is 0 Å². The van der Waals surface area contributed by atoms with Gasteiger partial charge in [0.25, 0.3) is 0 Å². The lowest BCUT2D eigenvalue weighted by molar-refractivity contribution is -0.147. The van der Waals surface area contributed by atoms with Crippen molar-refractivity contribution < 1.29 is 30.0 Å². The number of allylic oxidation sites excluding steroid dienone is 4. The molecular weight excluding hydrogens is 252 g/mol. The molecule has 0 fully saturated rings. The Kier molecular flexibility index (Phi) is 3.65. The van der Waals surface area contributed by atoms with Crippen LogP contribution in [0.25, 0.3) is 0 Å². The monoisotopic (exact) mass is 270 g/mol. The maximum absolute atomic E-state index is 11.0. The van der Waals surface area contributed by atoms with Crippen LogP contribution in [-0.2, 0) is 9.59 Å². The molecule has 4 N–H and O–H groups in total. The Balaban J connectivity index is 3.45. The molecule has 0 bridgehead atoms. The van der Waals surface area contributed by atoms with E-state index in [0.717, 1.165) is 0 Å². The Morgan fingerprint density at radius 3 is 1.89 bits per heavy atom. The van der Waals surface area contributed by atoms with Gasteiger partial charge < -0.3 is 20.4 Å². The number of hydrogen-bond donors (Lipinski definition) is 4. The summed E-state index contributed by atoms with van der Waals surface area (Å²) in [5.41, 5.74) is -2.41. The van der Waals surface area contributed by atoms with Gasteiger partial charge in [-0.3, -0.25) is 9.59 Å². The van der Waals surface area contributed by atoms with Gasteiger partial charge in [-0.25, -0.2) is 0 Å². The molecule has 0 aliphatic heterocycles. The van der Waals surface area contributed by atoms with E-state index in [1.807, 2.05) is 0 Å². The van der Waals surface area contributed by atoms with Crippen LogP contribution in [0.15, 0.2) is 23.2 Å². The minimum Gasteiger partial charge on any atom is -0.512 e. The zero-order valence-corrected chi connectivity index (χ0v) is 11.1. The van der Waals surface area contributed by atoms with Gasteiger partial charge in [-0.15, -0.1) is 0 Å². The van der Waals surface area contributed by atoms with Gasteiger partial charge in [0.05, 0.1) is 12.8 Å². The second kappa shape index (κ2) is 4.60. The second-order valence-electron chi connectivity index (χ2n) is 5.37. The highest BCUT2D eigenvalue weighted by atomic mass is 16.4. The van der Waals surface area contributed by atoms with Crippen LogP contribution in [-0.4, -0.2) is 32.4 Å². The molecule has 106 valence electrons. The van der Waals surface area contributed by atoms with Crippen molar-refractivity contribution in [1.82, 2.24) is 0 Å². The summed E-state index contributed by atoms with van der Waals surface area (Å²) in [6.45, 7) is 4.43. The van der Waals surface area contributed by atoms with Crippen molar-refractivity contribution in [3.05, 3.63) is 23.2 Å². The zero-order chi connectivity index (χ0) is 15.0. The Hall–Kier alpha value is -1.98. The van der Waals surface area contributed by atoms with Crippen molar-refractivity contribution in [1.29, 1.82) is 0 Å². The van der Waals surface area contributed by atoms with Crippen LogP contribution in [0.4, 0.5) is 0 Å². The molecule has 0 aromatic heterocycles. The first-order valence-electron chi connectivity index (χ1n) is 5.79. The summed E-state index contributed by atoms with van der Waals surface area (Å²) < 4.78 is 0. The van der Waals surface area contributed by atoms with Gasteiger partial charge in [-0.1, -0.05) is 13.8 Å². The van der Waals surface area contributed by atoms with Gasteiger partial charge in [0.15, 0.2) is 0 Å². The molecule has 1 aliphatic rings. The first-order valence-corrected chi connectivity index (χ1v) is 5.79. The molecule has 1 rings (SSSR count). The molecule has 0 aromatic carbocycles. The first-order chi connectivity index (χ1) is 8.54. The van der Waals surface area contributed by atoms with Crippen molar-refractivity contribution in [3.63, 3.8) is 0 Å². The average Bonchev–Trinajstić information content (AvgIpc) is 2.23. The van der Waals surface area contributed by atoms with E-state index in [1.54, 1.807) is 0 Å². The van der Waals surface area contributed by atoms with Gasteiger partial charge in [0, 0.05) is 10.8 Å². The number of aliphatic hydroxyl groups excluding tert-OH is 2. The predicted octanol–water partition coefficient (Wildman–Crippen LogP) is 2.24. The highest BCUT2D eigenvalue weighted by molar-refractivity contribution is 5.72. The third-order valence-electron chi connectivity index (χ3n) is 4.04. The van der Waals surface area contributed by atoms with Crippen LogP contribution in [0.5, 0.6) is 0 Å². The topological polar surface area (TPSA) is 115 Å². The summed E-state index contributed by atoms with van der Waals surface area (Å²) in [6.07, 6.45) is 0.330. The quantitative estimate of drug-likeness (QED) is 0.622. The van der Waals surface area contributed by atoms with E-state index >= 15 is 0 Å². The number of carboxylic acid groups (broad SMARTS) is 2. The van der Waals surface area contributed by atoms with E-state index in [2.05, 4.69) is 0 Å². The van der Waals surface area contributed by atoms with E-state index in [-0.39, 0.29) is 11.5 Å². The average molecular weight is 270 g/mol. The number of rotatable bonds is 4. The van der Waals surface area contributed by atoms with Crippen molar-refractivity contribution in [2.75, 3.05) is 0 Å². The molecule has 0 radical (unpaired) electrons. The van der Waals surface area contributed by atoms with Gasteiger partial charge in [0.2, 0.25) is 0 Å². The summed E-state index contributed by atoms with van der Waals surface area (Å²) in [4.78, 5) is 22.0. The molecule has 6 nitrogen and oxygen atoms in total. The lowest BCUT2D eigenvalue weighted by Gasteiger charge is -2.46. The van der Waals surface area contributed by atoms with Crippen LogP contribution >= 0.6 is 0 Å². The maximum atomic E-state index is 11.0. The van der Waals surface area contributed by atoms with Crippen molar-refractivity contribution >= 4 is 11.9 Å². The molecule has 0 aromatic rings. The lowest BCUT2D eigenvalue weighted by Crippen LogP contribution is -2.46. The zero-order valence-electron chi connectivity index (χ0n) is 11.1. The van der Waals surface area contributed by atoms with E-state index in [4.69, 9.17) is 10.2 Å². The smallest absolute Gasteiger partial charge is 0.304 e. The van der Waals surface area contributed by atoms with E-state index < -0.39 is 35.6 Å². The van der Waals surface area contributed by atoms with Crippen LogP contribution in [0.1, 0.15) is 33.6 Å². The highest BCUT2D eigenvalue weighted by Crippen LogP contribution is 2.56. The minimum absolute atomic E-state index is 0.198. The molecule has 2 unspecified atom stereocenters. The van der Waals surface area contributed by atoms with Gasteiger partial charge in [-0.05, 0) is 18.6 Å². The van der Waals surface area contributed by atoms with E-state index in [0.29, 0.717) is 5.57 Å². The summed E-state index contributed by atoms with van der Waals surface area (Å²) >= 11 is 0. The highest BCUT2D eigenvalue weighted by Gasteiger charge is 2.55. The maximum Gasteiger partial charge on any atom is 0.304 e. The Labute approximate surface area is 110 Å². The number of hydrogen-bond acceptors (Lipinski definition) is 4. The summed E-state index contributed by atoms with van der Waals surface area (Å²) in [6, 6.07) is 0. The summed E-state index contributed by atoms with van der Waals surface area (Å²) in [5, 5.41) is 38.2. The Bertz CT molecular complexity index is 489. The fraction of sp³-hybridized carbons (Fsp3) is 0.538. The molecule has 0 saturated carbocycles. The van der Waals surface area contributed by atoms with Gasteiger partial charge >= 0.3 is 11.9 Å². The SMILES string of the molecule is CC1=C(O)C(C)(CC(=O)O)C(C)(CC(=O)O)C(O)=C1. The number of aliphatic hydroxyl groups is 2. The fourth-order valence-electron chi connectivity index (χ4n) is 2.58. The lowest BCUT2D eigenvalue weighted by atomic mass is 9.57. The van der Waals surface area contributed by atoms with Crippen molar-refractivity contribution in [3.8, 4) is 0 Å². The molecular formula is C13H18O6. The van der Waals surface area contributed by atoms with Crippen LogP contribution < -0.4 is 0 Å². The standard InChI is InChI=1S/C13H18O6/c1-7-4-8(14)12(2,5-9(15)16)13(3,11(7)19)6-10(17)18/h4,14,19H,5-6H2,1-3H3,(H,15,16)(H,17,18). The largest absolute Gasteiger partial charge is 0.512 e. The molecule has 0 heterocycles. The molecule has 6 heteroatoms. The van der Waals surface area contributed by atoms with Gasteiger partial charge in [0.1, 0.15) is 11.5 Å². The Morgan fingerprint density at radius 2 is 1.47 bits per heavy atom.